The van der Waals surface area contributed by atoms with Crippen LogP contribution in [0.5, 0.6) is 0 Å². The van der Waals surface area contributed by atoms with Crippen LogP contribution in [0.1, 0.15) is 97.8 Å². The molecule has 0 unspecified atom stereocenters. The predicted octanol–water partition coefficient (Wildman–Crippen LogP) is 6.59. The molecule has 0 rings (SSSR count). The van der Waals surface area contributed by atoms with Gasteiger partial charge in [0.25, 0.3) is 0 Å². The van der Waals surface area contributed by atoms with Crippen LogP contribution < -0.4 is 5.09 Å². The van der Waals surface area contributed by atoms with Crippen LogP contribution in [0, 0.1) is 0 Å². The fourth-order valence-corrected chi connectivity index (χ4v) is 3.74. The first-order valence-corrected chi connectivity index (χ1v) is 12.0. The van der Waals surface area contributed by atoms with Crippen LogP contribution in [0.25, 0.3) is 0 Å². The molecule has 1 amide bonds. The minimum atomic E-state index is -3.65. The average Bonchev–Trinajstić information content (AvgIpc) is 2.60. The predicted molar refractivity (Wildman–Crippen MR) is 106 cm³/mol. The normalized spacial score (nSPS) is 11.5. The minimum absolute atomic E-state index is 0.209. The highest BCUT2D eigenvalue weighted by Crippen LogP contribution is 2.44. The number of nitrogens with one attached hydrogen (secondary N) is 1. The molecule has 0 atom stereocenters. The second-order valence-electron chi connectivity index (χ2n) is 6.53. The summed E-state index contributed by atoms with van der Waals surface area (Å²) in [5.74, 6) is 0. The molecular formula is C19H40NO5P. The maximum atomic E-state index is 12.7. The van der Waals surface area contributed by atoms with E-state index in [2.05, 4.69) is 18.9 Å². The molecule has 0 aromatic rings. The summed E-state index contributed by atoms with van der Waals surface area (Å²) in [6.45, 7) is 6.89. The summed E-state index contributed by atoms with van der Waals surface area (Å²) in [6.07, 6.45) is 12.5. The third-order valence-corrected chi connectivity index (χ3v) is 5.52. The molecule has 0 fully saturated rings. The van der Waals surface area contributed by atoms with Gasteiger partial charge < -0.3 is 4.74 Å². The molecule has 26 heavy (non-hydrogen) atoms. The van der Waals surface area contributed by atoms with E-state index >= 15 is 0 Å². The molecule has 0 saturated heterocycles. The number of carbonyl (C=O) groups excluding carboxylic acids is 1. The average molecular weight is 394 g/mol. The van der Waals surface area contributed by atoms with Crippen molar-refractivity contribution in [2.24, 2.45) is 0 Å². The zero-order valence-corrected chi connectivity index (χ0v) is 18.0. The van der Waals surface area contributed by atoms with Crippen LogP contribution in [0.2, 0.25) is 0 Å². The van der Waals surface area contributed by atoms with E-state index in [1.54, 1.807) is 6.92 Å². The maximum Gasteiger partial charge on any atom is 0.437 e. The number of unbranched alkanes of at least 4 members (excludes halogenated alkanes) is 10. The van der Waals surface area contributed by atoms with E-state index in [0.29, 0.717) is 13.2 Å². The second kappa shape index (κ2) is 17.8. The zero-order chi connectivity index (χ0) is 19.5. The Morgan fingerprint density at radius 1 is 0.731 bits per heavy atom. The Kier molecular flexibility index (Phi) is 17.4. The first-order chi connectivity index (χ1) is 12.6. The molecule has 0 radical (unpaired) electrons. The van der Waals surface area contributed by atoms with Crippen molar-refractivity contribution in [3.8, 4) is 0 Å². The van der Waals surface area contributed by atoms with Crippen LogP contribution >= 0.6 is 7.75 Å². The van der Waals surface area contributed by atoms with Crippen molar-refractivity contribution in [2.45, 2.75) is 97.8 Å². The van der Waals surface area contributed by atoms with Gasteiger partial charge in [0.15, 0.2) is 0 Å². The second-order valence-corrected chi connectivity index (χ2v) is 8.27. The summed E-state index contributed by atoms with van der Waals surface area (Å²) in [5.41, 5.74) is 0. The molecule has 0 aliphatic carbocycles. The fraction of sp³-hybridized carbons (Fsp3) is 0.947. The molecule has 0 aliphatic heterocycles. The quantitative estimate of drug-likeness (QED) is 0.210. The molecule has 0 heterocycles. The lowest BCUT2D eigenvalue weighted by molar-refractivity contribution is 0.146. The Labute approximate surface area is 160 Å². The number of carbonyl (C=O) groups is 1. The van der Waals surface area contributed by atoms with Crippen LogP contribution in [-0.2, 0) is 18.3 Å². The summed E-state index contributed by atoms with van der Waals surface area (Å²) >= 11 is 0. The first-order valence-electron chi connectivity index (χ1n) is 10.4. The van der Waals surface area contributed by atoms with Crippen molar-refractivity contribution >= 4 is 13.8 Å². The van der Waals surface area contributed by atoms with E-state index in [0.717, 1.165) is 38.5 Å². The number of hydrogen-bond acceptors (Lipinski definition) is 5. The van der Waals surface area contributed by atoms with Crippen molar-refractivity contribution in [3.05, 3.63) is 0 Å². The molecular weight excluding hydrogens is 353 g/mol. The molecule has 0 aliphatic rings. The van der Waals surface area contributed by atoms with E-state index in [-0.39, 0.29) is 6.61 Å². The molecule has 0 aromatic carbocycles. The van der Waals surface area contributed by atoms with E-state index in [4.69, 9.17) is 13.8 Å². The number of amides is 1. The Morgan fingerprint density at radius 2 is 1.15 bits per heavy atom. The lowest BCUT2D eigenvalue weighted by Gasteiger charge is -2.18. The number of hydrogen-bond donors (Lipinski definition) is 1. The molecule has 156 valence electrons. The Balaban J connectivity index is 4.13. The number of rotatable bonds is 18. The fourth-order valence-electron chi connectivity index (χ4n) is 2.51. The van der Waals surface area contributed by atoms with E-state index < -0.39 is 13.8 Å². The van der Waals surface area contributed by atoms with Crippen LogP contribution in [-0.4, -0.2) is 25.9 Å². The van der Waals surface area contributed by atoms with Crippen molar-refractivity contribution in [3.63, 3.8) is 0 Å². The van der Waals surface area contributed by atoms with Crippen LogP contribution in [0.15, 0.2) is 0 Å². The molecule has 6 nitrogen and oxygen atoms in total. The van der Waals surface area contributed by atoms with Gasteiger partial charge in [-0.05, 0) is 19.8 Å². The minimum Gasteiger partial charge on any atom is -0.450 e. The van der Waals surface area contributed by atoms with E-state index in [1.807, 2.05) is 0 Å². The topological polar surface area (TPSA) is 73.9 Å². The standard InChI is InChI=1S/C19H40NO5P/c1-4-7-9-11-13-15-17-24-26(22,20-19(21)23-6-3)25-18-16-14-12-10-8-5-2/h4-18H2,1-3H3,(H,20,21,22). The summed E-state index contributed by atoms with van der Waals surface area (Å²) < 4.78 is 28.4. The highest BCUT2D eigenvalue weighted by atomic mass is 31.2. The Morgan fingerprint density at radius 3 is 1.58 bits per heavy atom. The van der Waals surface area contributed by atoms with E-state index in [1.165, 1.54) is 38.5 Å². The SMILES string of the molecule is CCCCCCCCOP(=O)(NC(=O)OCC)OCCCCCCCC. The molecule has 0 spiro atoms. The van der Waals surface area contributed by atoms with Crippen LogP contribution in [0.4, 0.5) is 4.79 Å². The molecule has 0 bridgehead atoms. The van der Waals surface area contributed by atoms with Gasteiger partial charge in [0.1, 0.15) is 0 Å². The van der Waals surface area contributed by atoms with Crippen molar-refractivity contribution < 1.29 is 23.1 Å². The lowest BCUT2D eigenvalue weighted by Crippen LogP contribution is -2.24. The smallest absolute Gasteiger partial charge is 0.437 e. The van der Waals surface area contributed by atoms with Gasteiger partial charge in [0.05, 0.1) is 19.8 Å². The summed E-state index contributed by atoms with van der Waals surface area (Å²) in [7, 11) is -3.65. The summed E-state index contributed by atoms with van der Waals surface area (Å²) in [4.78, 5) is 11.6. The largest absolute Gasteiger partial charge is 0.450 e. The Hall–Kier alpha value is -0.580. The molecule has 7 heteroatoms. The van der Waals surface area contributed by atoms with Gasteiger partial charge in [-0.15, -0.1) is 0 Å². The van der Waals surface area contributed by atoms with Gasteiger partial charge in [-0.2, -0.15) is 0 Å². The van der Waals surface area contributed by atoms with Crippen molar-refractivity contribution in [2.75, 3.05) is 19.8 Å². The van der Waals surface area contributed by atoms with Gasteiger partial charge in [-0.25, -0.2) is 14.4 Å². The summed E-state index contributed by atoms with van der Waals surface area (Å²) in [5, 5.41) is 2.27. The highest BCUT2D eigenvalue weighted by molar-refractivity contribution is 7.52. The molecule has 1 N–H and O–H groups in total. The maximum absolute atomic E-state index is 12.7. The van der Waals surface area contributed by atoms with Crippen molar-refractivity contribution in [1.82, 2.24) is 5.09 Å². The molecule has 0 saturated carbocycles. The van der Waals surface area contributed by atoms with Crippen LogP contribution in [0.3, 0.4) is 0 Å². The molecule has 0 aromatic heterocycles. The van der Waals surface area contributed by atoms with Gasteiger partial charge in [-0.3, -0.25) is 9.05 Å². The summed E-state index contributed by atoms with van der Waals surface area (Å²) in [6, 6.07) is 0. The van der Waals surface area contributed by atoms with Gasteiger partial charge in [-0.1, -0.05) is 78.1 Å². The number of ether oxygens (including phenoxy) is 1. The zero-order valence-electron chi connectivity index (χ0n) is 17.1. The lowest BCUT2D eigenvalue weighted by atomic mass is 10.1. The first kappa shape index (κ1) is 25.4. The third kappa shape index (κ3) is 15.7. The highest BCUT2D eigenvalue weighted by Gasteiger charge is 2.28. The third-order valence-electron chi connectivity index (χ3n) is 4.02. The van der Waals surface area contributed by atoms with Crippen molar-refractivity contribution in [1.29, 1.82) is 0 Å². The van der Waals surface area contributed by atoms with E-state index in [9.17, 15) is 9.36 Å². The van der Waals surface area contributed by atoms with Gasteiger partial charge >= 0.3 is 13.8 Å². The Bertz CT molecular complexity index is 357. The monoisotopic (exact) mass is 393 g/mol. The van der Waals surface area contributed by atoms with Gasteiger partial charge in [0.2, 0.25) is 0 Å². The van der Waals surface area contributed by atoms with Gasteiger partial charge in [0, 0.05) is 0 Å².